The molecule has 22 heavy (non-hydrogen) atoms. The van der Waals surface area contributed by atoms with Crippen LogP contribution in [0.5, 0.6) is 0 Å². The number of primary amides is 1. The molecule has 0 aromatic carbocycles. The van der Waals surface area contributed by atoms with E-state index in [2.05, 4.69) is 9.76 Å². The van der Waals surface area contributed by atoms with Gasteiger partial charge in [0.15, 0.2) is 0 Å². The Morgan fingerprint density at radius 1 is 1.27 bits per heavy atom. The summed E-state index contributed by atoms with van der Waals surface area (Å²) in [4.78, 5) is 27.8. The maximum absolute atomic E-state index is 11.8. The van der Waals surface area contributed by atoms with Crippen LogP contribution in [0.4, 0.5) is 4.79 Å². The van der Waals surface area contributed by atoms with Crippen molar-refractivity contribution in [1.29, 1.82) is 0 Å². The van der Waals surface area contributed by atoms with E-state index in [1.54, 1.807) is 0 Å². The van der Waals surface area contributed by atoms with Crippen LogP contribution >= 0.6 is 0 Å². The van der Waals surface area contributed by atoms with Gasteiger partial charge in [-0.2, -0.15) is 13.5 Å². The van der Waals surface area contributed by atoms with Gasteiger partial charge in [0.05, 0.1) is 12.6 Å². The molecule has 0 aromatic heterocycles. The van der Waals surface area contributed by atoms with Crippen molar-refractivity contribution in [1.82, 2.24) is 10.5 Å². The molecule has 12 heteroatoms. The molecule has 0 aromatic rings. The molecule has 6 N–H and O–H groups in total. The van der Waals surface area contributed by atoms with E-state index in [0.29, 0.717) is 17.9 Å². The highest BCUT2D eigenvalue weighted by Crippen LogP contribution is 2.28. The van der Waals surface area contributed by atoms with E-state index in [0.717, 1.165) is 0 Å². The van der Waals surface area contributed by atoms with Crippen LogP contribution < -0.4 is 16.9 Å². The lowest BCUT2D eigenvalue weighted by molar-refractivity contribution is -0.140. The van der Waals surface area contributed by atoms with Gasteiger partial charge in [-0.3, -0.25) is 14.2 Å². The summed E-state index contributed by atoms with van der Waals surface area (Å²) in [5.41, 5.74) is 12.5. The SMILES string of the molecule is NCCONC(=O)[C@H]1CC[C@H](N(OS(=O)(=O)O)C(N)=O)CC1. The Kier molecular flexibility index (Phi) is 6.96. The lowest BCUT2D eigenvalue weighted by Gasteiger charge is -2.32. The summed E-state index contributed by atoms with van der Waals surface area (Å²) in [6.45, 7) is 0.465. The topological polar surface area (TPSA) is 174 Å². The number of hydroxylamine groups is 3. The first-order chi connectivity index (χ1) is 10.2. The molecule has 0 radical (unpaired) electrons. The largest absolute Gasteiger partial charge is 0.418 e. The van der Waals surface area contributed by atoms with Crippen molar-refractivity contribution in [3.63, 3.8) is 0 Å². The molecule has 0 saturated heterocycles. The molecule has 1 aliphatic rings. The summed E-state index contributed by atoms with van der Waals surface area (Å²) in [7, 11) is -4.85. The third-order valence-corrected chi connectivity index (χ3v) is 3.53. The third kappa shape index (κ3) is 6.11. The number of hydrogen-bond donors (Lipinski definition) is 4. The number of carbonyl (C=O) groups is 2. The molecule has 1 rings (SSSR count). The van der Waals surface area contributed by atoms with E-state index in [1.807, 2.05) is 0 Å². The molecule has 11 nitrogen and oxygen atoms in total. The second kappa shape index (κ2) is 8.24. The molecule has 3 amide bonds. The van der Waals surface area contributed by atoms with Gasteiger partial charge in [0.25, 0.3) is 0 Å². The van der Waals surface area contributed by atoms with Crippen LogP contribution in [0.1, 0.15) is 25.7 Å². The first-order valence-electron chi connectivity index (χ1n) is 6.62. The fourth-order valence-corrected chi connectivity index (χ4v) is 2.61. The average Bonchev–Trinajstić information content (AvgIpc) is 2.44. The van der Waals surface area contributed by atoms with Crippen LogP contribution in [0, 0.1) is 5.92 Å². The van der Waals surface area contributed by atoms with Crippen LogP contribution in [-0.2, 0) is 24.3 Å². The summed E-state index contributed by atoms with van der Waals surface area (Å²) >= 11 is 0. The molecule has 128 valence electrons. The lowest BCUT2D eigenvalue weighted by atomic mass is 9.85. The number of hydrogen-bond acceptors (Lipinski definition) is 7. The Balaban J connectivity index is 2.52. The first-order valence-corrected chi connectivity index (χ1v) is 7.98. The number of nitrogens with two attached hydrogens (primary N) is 2. The minimum Gasteiger partial charge on any atom is -0.350 e. The van der Waals surface area contributed by atoms with E-state index >= 15 is 0 Å². The molecule has 0 atom stereocenters. The van der Waals surface area contributed by atoms with Crippen molar-refractivity contribution in [3.05, 3.63) is 0 Å². The van der Waals surface area contributed by atoms with E-state index in [1.165, 1.54) is 0 Å². The smallest absolute Gasteiger partial charge is 0.350 e. The number of amides is 3. The number of urea groups is 1. The Bertz CT molecular complexity index is 490. The summed E-state index contributed by atoms with van der Waals surface area (Å²) in [5, 5.41) is 0.411. The Hall–Kier alpha value is -1.47. The highest BCUT2D eigenvalue weighted by molar-refractivity contribution is 7.80. The van der Waals surface area contributed by atoms with Gasteiger partial charge in [0.2, 0.25) is 5.91 Å². The van der Waals surface area contributed by atoms with Crippen LogP contribution in [0.25, 0.3) is 0 Å². The second-order valence-electron chi connectivity index (χ2n) is 4.78. The van der Waals surface area contributed by atoms with E-state index in [9.17, 15) is 18.0 Å². The molecule has 1 saturated carbocycles. The summed E-state index contributed by atoms with van der Waals surface area (Å²) in [6.07, 6.45) is 1.32. The van der Waals surface area contributed by atoms with Crippen molar-refractivity contribution in [2.24, 2.45) is 17.4 Å². The van der Waals surface area contributed by atoms with E-state index in [-0.39, 0.29) is 37.8 Å². The number of carbonyl (C=O) groups excluding carboxylic acids is 2. The van der Waals surface area contributed by atoms with Gasteiger partial charge < -0.3 is 11.5 Å². The highest BCUT2D eigenvalue weighted by Gasteiger charge is 2.34. The predicted molar refractivity (Wildman–Crippen MR) is 73.0 cm³/mol. The van der Waals surface area contributed by atoms with Gasteiger partial charge in [-0.15, -0.1) is 4.28 Å². The molecule has 1 aliphatic carbocycles. The van der Waals surface area contributed by atoms with E-state index < -0.39 is 22.5 Å². The fraction of sp³-hybridized carbons (Fsp3) is 0.800. The van der Waals surface area contributed by atoms with Gasteiger partial charge in [0, 0.05) is 12.5 Å². The van der Waals surface area contributed by atoms with Gasteiger partial charge in [-0.1, -0.05) is 0 Å². The van der Waals surface area contributed by atoms with Crippen LogP contribution in [0.15, 0.2) is 0 Å². The molecule has 0 unspecified atom stereocenters. The Labute approximate surface area is 127 Å². The zero-order valence-corrected chi connectivity index (χ0v) is 12.6. The monoisotopic (exact) mass is 340 g/mol. The molecule has 0 bridgehead atoms. The average molecular weight is 340 g/mol. The van der Waals surface area contributed by atoms with Crippen molar-refractivity contribution >= 4 is 22.3 Å². The van der Waals surface area contributed by atoms with Crippen molar-refractivity contribution in [2.75, 3.05) is 13.2 Å². The second-order valence-corrected chi connectivity index (χ2v) is 5.78. The molecular formula is C10H20N4O7S. The van der Waals surface area contributed by atoms with Crippen LogP contribution in [0.3, 0.4) is 0 Å². The molecule has 0 aliphatic heterocycles. The molecule has 0 heterocycles. The zero-order chi connectivity index (χ0) is 16.8. The summed E-state index contributed by atoms with van der Waals surface area (Å²) < 4.78 is 34.2. The van der Waals surface area contributed by atoms with Crippen molar-refractivity contribution in [2.45, 2.75) is 31.7 Å². The standard InChI is InChI=1S/C10H20N4O7S/c11-5-6-20-13-9(15)7-1-3-8(4-2-7)14(10(12)16)21-22(17,18)19/h7-8H,1-6,11H2,(H2,12,16)(H,13,15)(H,17,18,19)/t7-,8-. The van der Waals surface area contributed by atoms with Crippen LogP contribution in [0.2, 0.25) is 0 Å². The van der Waals surface area contributed by atoms with E-state index in [4.69, 9.17) is 20.9 Å². The highest BCUT2D eigenvalue weighted by atomic mass is 32.3. The summed E-state index contributed by atoms with van der Waals surface area (Å²) in [6, 6.07) is -1.79. The maximum atomic E-state index is 11.8. The quantitative estimate of drug-likeness (QED) is 0.250. The number of nitrogens with zero attached hydrogens (tertiary/aromatic N) is 1. The Morgan fingerprint density at radius 2 is 1.86 bits per heavy atom. The lowest BCUT2D eigenvalue weighted by Crippen LogP contribution is -2.47. The van der Waals surface area contributed by atoms with Crippen molar-refractivity contribution in [3.8, 4) is 0 Å². The van der Waals surface area contributed by atoms with Crippen LogP contribution in [-0.4, -0.2) is 49.2 Å². The summed E-state index contributed by atoms with van der Waals surface area (Å²) in [5.74, 6) is -0.650. The molecular weight excluding hydrogens is 320 g/mol. The minimum absolute atomic E-state index is 0.193. The first kappa shape index (κ1) is 18.6. The minimum atomic E-state index is -4.85. The zero-order valence-electron chi connectivity index (χ0n) is 11.8. The van der Waals surface area contributed by atoms with Gasteiger partial charge in [-0.25, -0.2) is 10.3 Å². The van der Waals surface area contributed by atoms with Gasteiger partial charge in [0.1, 0.15) is 0 Å². The molecule has 1 fully saturated rings. The third-order valence-electron chi connectivity index (χ3n) is 3.18. The normalized spacial score (nSPS) is 22.1. The maximum Gasteiger partial charge on any atom is 0.418 e. The number of nitrogens with one attached hydrogen (secondary N) is 1. The van der Waals surface area contributed by atoms with Crippen molar-refractivity contribution < 1.29 is 31.7 Å². The van der Waals surface area contributed by atoms with Gasteiger partial charge >= 0.3 is 16.4 Å². The number of rotatable bonds is 7. The predicted octanol–water partition coefficient (Wildman–Crippen LogP) is -1.33. The molecule has 0 spiro atoms. The van der Waals surface area contributed by atoms with Gasteiger partial charge in [-0.05, 0) is 25.7 Å². The fourth-order valence-electron chi connectivity index (χ4n) is 2.22. The Morgan fingerprint density at radius 3 is 2.32 bits per heavy atom.